The van der Waals surface area contributed by atoms with Crippen molar-refractivity contribution in [2.45, 2.75) is 6.18 Å². The van der Waals surface area contributed by atoms with Crippen LogP contribution < -0.4 is 0 Å². The van der Waals surface area contributed by atoms with Crippen LogP contribution in [0.25, 0.3) is 27.3 Å². The number of nitrogens with zero attached hydrogens (tertiary/aromatic N) is 3. The van der Waals surface area contributed by atoms with Gasteiger partial charge in [-0.05, 0) is 35.2 Å². The molecular formula is C17H9ClF3N3S. The number of rotatable bonds is 2. The smallest absolute Gasteiger partial charge is 0.223 e. The minimum atomic E-state index is -4.55. The van der Waals surface area contributed by atoms with Crippen molar-refractivity contribution in [3.05, 3.63) is 64.8 Å². The highest BCUT2D eigenvalue weighted by atomic mass is 35.5. The monoisotopic (exact) mass is 379 g/mol. The van der Waals surface area contributed by atoms with Gasteiger partial charge in [0, 0.05) is 10.6 Å². The maximum absolute atomic E-state index is 13.3. The second-order valence-electron chi connectivity index (χ2n) is 5.30. The first-order chi connectivity index (χ1) is 11.9. The van der Waals surface area contributed by atoms with Gasteiger partial charge in [-0.15, -0.1) is 11.3 Å². The highest BCUT2D eigenvalue weighted by molar-refractivity contribution is 7.13. The first kappa shape index (κ1) is 16.1. The van der Waals surface area contributed by atoms with Gasteiger partial charge >= 0.3 is 6.18 Å². The van der Waals surface area contributed by atoms with Crippen LogP contribution in [0.3, 0.4) is 0 Å². The lowest BCUT2D eigenvalue weighted by atomic mass is 10.1. The highest BCUT2D eigenvalue weighted by Crippen LogP contribution is 2.35. The van der Waals surface area contributed by atoms with E-state index in [4.69, 9.17) is 11.6 Å². The van der Waals surface area contributed by atoms with Crippen LogP contribution in [0.5, 0.6) is 0 Å². The molecule has 4 rings (SSSR count). The van der Waals surface area contributed by atoms with Crippen LogP contribution in [0.4, 0.5) is 13.2 Å². The van der Waals surface area contributed by atoms with Gasteiger partial charge in [0.1, 0.15) is 5.69 Å². The number of hydrogen-bond donors (Lipinski definition) is 0. The van der Waals surface area contributed by atoms with E-state index in [0.29, 0.717) is 26.7 Å². The van der Waals surface area contributed by atoms with E-state index in [9.17, 15) is 13.2 Å². The Morgan fingerprint density at radius 3 is 2.48 bits per heavy atom. The van der Waals surface area contributed by atoms with Gasteiger partial charge in [0.15, 0.2) is 5.65 Å². The first-order valence-corrected chi connectivity index (χ1v) is 8.45. The van der Waals surface area contributed by atoms with E-state index in [0.717, 1.165) is 6.07 Å². The molecule has 0 bridgehead atoms. The number of halogens is 4. The molecule has 0 spiro atoms. The summed E-state index contributed by atoms with van der Waals surface area (Å²) in [6.45, 7) is 0. The summed E-state index contributed by atoms with van der Waals surface area (Å²) >= 11 is 7.23. The predicted molar refractivity (Wildman–Crippen MR) is 91.7 cm³/mol. The van der Waals surface area contributed by atoms with E-state index in [-0.39, 0.29) is 5.65 Å². The van der Waals surface area contributed by atoms with Crippen LogP contribution in [-0.4, -0.2) is 14.6 Å². The lowest BCUT2D eigenvalue weighted by Crippen LogP contribution is -2.10. The Balaban J connectivity index is 2.01. The van der Waals surface area contributed by atoms with Crippen LogP contribution in [0.2, 0.25) is 5.02 Å². The zero-order chi connectivity index (χ0) is 17.6. The number of aromatic nitrogens is 3. The number of thiophene rings is 1. The van der Waals surface area contributed by atoms with Crippen molar-refractivity contribution < 1.29 is 13.2 Å². The van der Waals surface area contributed by atoms with E-state index >= 15 is 0 Å². The van der Waals surface area contributed by atoms with Crippen LogP contribution in [0.1, 0.15) is 5.69 Å². The normalized spacial score (nSPS) is 12.0. The number of benzene rings is 1. The fourth-order valence-electron chi connectivity index (χ4n) is 2.54. The number of alkyl halides is 3. The molecule has 0 fully saturated rings. The summed E-state index contributed by atoms with van der Waals surface area (Å²) in [5, 5.41) is 6.61. The second kappa shape index (κ2) is 5.86. The summed E-state index contributed by atoms with van der Waals surface area (Å²) in [7, 11) is 0. The van der Waals surface area contributed by atoms with Gasteiger partial charge in [-0.3, -0.25) is 0 Å². The maximum atomic E-state index is 13.3. The summed E-state index contributed by atoms with van der Waals surface area (Å²) in [6, 6.07) is 11.4. The Morgan fingerprint density at radius 1 is 1.08 bits per heavy atom. The van der Waals surface area contributed by atoms with E-state index in [2.05, 4.69) is 10.1 Å². The van der Waals surface area contributed by atoms with E-state index in [1.165, 1.54) is 22.0 Å². The van der Waals surface area contributed by atoms with E-state index < -0.39 is 11.9 Å². The molecule has 0 aliphatic heterocycles. The SMILES string of the molecule is FC(F)(F)c1cc(-c2cccs2)n2ncc(-c3ccc(Cl)cc3)c2n1. The second-order valence-corrected chi connectivity index (χ2v) is 6.69. The van der Waals surface area contributed by atoms with Crippen molar-refractivity contribution in [2.75, 3.05) is 0 Å². The molecular weight excluding hydrogens is 371 g/mol. The number of fused-ring (bicyclic) bond motifs is 1. The average Bonchev–Trinajstić information content (AvgIpc) is 3.23. The summed E-state index contributed by atoms with van der Waals surface area (Å²) in [6.07, 6.45) is -3.03. The Hall–Kier alpha value is -2.38. The molecule has 3 heterocycles. The molecule has 4 aromatic rings. The van der Waals surface area contributed by atoms with Crippen molar-refractivity contribution in [1.82, 2.24) is 14.6 Å². The molecule has 3 nitrogen and oxygen atoms in total. The molecule has 0 aliphatic rings. The van der Waals surface area contributed by atoms with Crippen molar-refractivity contribution in [1.29, 1.82) is 0 Å². The lowest BCUT2D eigenvalue weighted by Gasteiger charge is -2.10. The molecule has 0 aliphatic carbocycles. The van der Waals surface area contributed by atoms with E-state index in [1.807, 2.05) is 0 Å². The third-order valence-electron chi connectivity index (χ3n) is 3.69. The predicted octanol–water partition coefficient (Wildman–Crippen LogP) is 5.80. The molecule has 0 unspecified atom stereocenters. The van der Waals surface area contributed by atoms with Gasteiger partial charge in [0.2, 0.25) is 0 Å². The minimum Gasteiger partial charge on any atom is -0.223 e. The van der Waals surface area contributed by atoms with Gasteiger partial charge in [0.25, 0.3) is 0 Å². The fourth-order valence-corrected chi connectivity index (χ4v) is 3.39. The molecule has 0 amide bonds. The highest BCUT2D eigenvalue weighted by Gasteiger charge is 2.34. The molecule has 25 heavy (non-hydrogen) atoms. The molecule has 0 atom stereocenters. The van der Waals surface area contributed by atoms with Gasteiger partial charge in [-0.2, -0.15) is 18.3 Å². The zero-order valence-corrected chi connectivity index (χ0v) is 14.0. The Labute approximate surface area is 149 Å². The fraction of sp³-hybridized carbons (Fsp3) is 0.0588. The molecule has 0 saturated heterocycles. The van der Waals surface area contributed by atoms with Gasteiger partial charge in [-0.25, -0.2) is 9.50 Å². The molecule has 0 N–H and O–H groups in total. The molecule has 1 aromatic carbocycles. The summed E-state index contributed by atoms with van der Waals surface area (Å²) in [5.41, 5.74) is 0.774. The maximum Gasteiger partial charge on any atom is 0.433 e. The first-order valence-electron chi connectivity index (χ1n) is 7.19. The van der Waals surface area contributed by atoms with Crippen LogP contribution in [0, 0.1) is 0 Å². The van der Waals surface area contributed by atoms with Crippen molar-refractivity contribution >= 4 is 28.6 Å². The third-order valence-corrected chi connectivity index (χ3v) is 4.84. The number of hydrogen-bond acceptors (Lipinski definition) is 3. The average molecular weight is 380 g/mol. The topological polar surface area (TPSA) is 30.2 Å². The minimum absolute atomic E-state index is 0.153. The van der Waals surface area contributed by atoms with Gasteiger partial charge in [0.05, 0.1) is 16.8 Å². The van der Waals surface area contributed by atoms with E-state index in [1.54, 1.807) is 41.8 Å². The van der Waals surface area contributed by atoms with Crippen LogP contribution >= 0.6 is 22.9 Å². The quantitative estimate of drug-likeness (QED) is 0.441. The van der Waals surface area contributed by atoms with Gasteiger partial charge in [-0.1, -0.05) is 29.8 Å². The largest absolute Gasteiger partial charge is 0.433 e. The Morgan fingerprint density at radius 2 is 1.84 bits per heavy atom. The standard InChI is InChI=1S/C17H9ClF3N3S/c18-11-5-3-10(4-6-11)12-9-22-24-13(14-2-1-7-25-14)8-15(17(19,20)21)23-16(12)24/h1-9H. The van der Waals surface area contributed by atoms with Crippen molar-refractivity contribution in [3.8, 4) is 21.7 Å². The summed E-state index contributed by atoms with van der Waals surface area (Å²) < 4.78 is 41.4. The van der Waals surface area contributed by atoms with Crippen LogP contribution in [-0.2, 0) is 6.18 Å². The third kappa shape index (κ3) is 2.89. The molecule has 0 radical (unpaired) electrons. The molecule has 8 heteroatoms. The van der Waals surface area contributed by atoms with Crippen LogP contribution in [0.15, 0.2) is 54.0 Å². The molecule has 3 aromatic heterocycles. The Kier molecular flexibility index (Phi) is 3.77. The molecule has 126 valence electrons. The Bertz CT molecular complexity index is 1040. The van der Waals surface area contributed by atoms with Gasteiger partial charge < -0.3 is 0 Å². The summed E-state index contributed by atoms with van der Waals surface area (Å²) in [4.78, 5) is 4.51. The lowest BCUT2D eigenvalue weighted by molar-refractivity contribution is -0.141. The zero-order valence-electron chi connectivity index (χ0n) is 12.5. The molecule has 0 saturated carbocycles. The van der Waals surface area contributed by atoms with Crippen molar-refractivity contribution in [2.24, 2.45) is 0 Å². The summed E-state index contributed by atoms with van der Waals surface area (Å²) in [5.74, 6) is 0. The van der Waals surface area contributed by atoms with Crippen molar-refractivity contribution in [3.63, 3.8) is 0 Å².